The number of hydrogen-bond acceptors (Lipinski definition) is 4. The summed E-state index contributed by atoms with van der Waals surface area (Å²) in [7, 11) is -4.67. The predicted octanol–water partition coefficient (Wildman–Crippen LogP) is 1.16. The molecule has 1 aromatic carbocycles. The maximum atomic E-state index is 8.74. The molecule has 0 aliphatic rings. The third kappa shape index (κ3) is 6.97. The van der Waals surface area contributed by atoms with E-state index in [2.05, 4.69) is 0 Å². The number of nitrogens with two attached hydrogens (primary N) is 2. The van der Waals surface area contributed by atoms with Gasteiger partial charge in [-0.2, -0.15) is 8.42 Å². The van der Waals surface area contributed by atoms with Gasteiger partial charge in [-0.05, 0) is 24.6 Å². The molecule has 86 valence electrons. The van der Waals surface area contributed by atoms with Gasteiger partial charge in [-0.25, -0.2) is 0 Å². The molecular formula is C7H11ClN2O4S. The molecule has 1 rings (SSSR count). The number of nitrogen functional groups attached to an aromatic ring is 2. The Morgan fingerprint density at radius 2 is 1.60 bits per heavy atom. The summed E-state index contributed by atoms with van der Waals surface area (Å²) in [4.78, 5) is 0. The van der Waals surface area contributed by atoms with Crippen molar-refractivity contribution in [3.63, 3.8) is 0 Å². The van der Waals surface area contributed by atoms with E-state index in [-0.39, 0.29) is 0 Å². The first-order valence-corrected chi connectivity index (χ1v) is 5.39. The normalized spacial score (nSPS) is 10.4. The second kappa shape index (κ2) is 5.17. The Kier molecular flexibility index (Phi) is 4.82. The van der Waals surface area contributed by atoms with Crippen molar-refractivity contribution in [2.45, 2.75) is 6.92 Å². The van der Waals surface area contributed by atoms with E-state index in [9.17, 15) is 0 Å². The smallest absolute Gasteiger partial charge is 0.394 e. The lowest BCUT2D eigenvalue weighted by atomic mass is 10.2. The molecular weight excluding hydrogens is 244 g/mol. The molecule has 0 aromatic heterocycles. The van der Waals surface area contributed by atoms with E-state index in [4.69, 9.17) is 40.6 Å². The van der Waals surface area contributed by atoms with Gasteiger partial charge < -0.3 is 11.5 Å². The van der Waals surface area contributed by atoms with Crippen LogP contribution in [0.4, 0.5) is 11.4 Å². The van der Waals surface area contributed by atoms with Crippen molar-refractivity contribution in [3.05, 3.63) is 22.7 Å². The van der Waals surface area contributed by atoms with E-state index in [0.717, 1.165) is 5.56 Å². The first kappa shape index (κ1) is 14.0. The Labute approximate surface area is 92.4 Å². The molecule has 0 unspecified atom stereocenters. The van der Waals surface area contributed by atoms with Crippen molar-refractivity contribution in [2.75, 3.05) is 11.5 Å². The first-order chi connectivity index (χ1) is 6.61. The Morgan fingerprint density at radius 3 is 1.93 bits per heavy atom. The van der Waals surface area contributed by atoms with Crippen LogP contribution in [-0.4, -0.2) is 17.5 Å². The standard InChI is InChI=1S/C7H9ClN2.H2O4S/c1-4-2-7(10)5(8)3-6(4)9;1-5(2,3)4/h2-3H,9-10H2,1H3;(H2,1,2,3,4). The molecule has 0 saturated heterocycles. The van der Waals surface area contributed by atoms with Crippen LogP contribution in [0.25, 0.3) is 0 Å². The van der Waals surface area contributed by atoms with Crippen LogP contribution in [0, 0.1) is 6.92 Å². The van der Waals surface area contributed by atoms with Gasteiger partial charge in [0.1, 0.15) is 0 Å². The van der Waals surface area contributed by atoms with E-state index in [0.29, 0.717) is 16.4 Å². The maximum Gasteiger partial charge on any atom is 0.394 e. The van der Waals surface area contributed by atoms with Crippen LogP contribution in [0.5, 0.6) is 0 Å². The Balaban J connectivity index is 0.000000336. The summed E-state index contributed by atoms with van der Waals surface area (Å²) in [5, 5.41) is 0.517. The summed E-state index contributed by atoms with van der Waals surface area (Å²) in [5.74, 6) is 0. The van der Waals surface area contributed by atoms with Crippen LogP contribution in [0.3, 0.4) is 0 Å². The largest absolute Gasteiger partial charge is 0.398 e. The molecule has 1 aromatic rings. The third-order valence-corrected chi connectivity index (χ3v) is 1.71. The molecule has 0 radical (unpaired) electrons. The zero-order valence-electron chi connectivity index (χ0n) is 7.81. The zero-order valence-corrected chi connectivity index (χ0v) is 9.38. The molecule has 15 heavy (non-hydrogen) atoms. The molecule has 6 N–H and O–H groups in total. The molecule has 0 amide bonds. The van der Waals surface area contributed by atoms with Crippen molar-refractivity contribution in [1.82, 2.24) is 0 Å². The molecule has 0 spiro atoms. The maximum absolute atomic E-state index is 8.74. The first-order valence-electron chi connectivity index (χ1n) is 3.62. The Hall–Kier alpha value is -1.02. The SMILES string of the molecule is Cc1cc(N)c(Cl)cc1N.O=S(=O)(O)O. The number of anilines is 2. The third-order valence-electron chi connectivity index (χ3n) is 1.39. The zero-order chi connectivity index (χ0) is 12.2. The fourth-order valence-electron chi connectivity index (χ4n) is 0.719. The highest BCUT2D eigenvalue weighted by Crippen LogP contribution is 2.24. The Bertz CT molecular complexity index is 388. The van der Waals surface area contributed by atoms with E-state index in [1.165, 1.54) is 0 Å². The molecule has 0 fully saturated rings. The lowest BCUT2D eigenvalue weighted by Crippen LogP contribution is -1.93. The van der Waals surface area contributed by atoms with Crippen molar-refractivity contribution >= 4 is 33.4 Å². The number of halogens is 1. The molecule has 6 nitrogen and oxygen atoms in total. The van der Waals surface area contributed by atoms with Gasteiger partial charge in [-0.15, -0.1) is 0 Å². The van der Waals surface area contributed by atoms with Gasteiger partial charge in [0.25, 0.3) is 0 Å². The van der Waals surface area contributed by atoms with Crippen LogP contribution < -0.4 is 11.5 Å². The fraction of sp³-hybridized carbons (Fsp3) is 0.143. The van der Waals surface area contributed by atoms with E-state index < -0.39 is 10.4 Å². The number of hydrogen-bond donors (Lipinski definition) is 4. The quantitative estimate of drug-likeness (QED) is 0.406. The minimum Gasteiger partial charge on any atom is -0.398 e. The van der Waals surface area contributed by atoms with Gasteiger partial charge in [-0.3, -0.25) is 9.11 Å². The van der Waals surface area contributed by atoms with Gasteiger partial charge in [0, 0.05) is 5.69 Å². The molecule has 0 aliphatic heterocycles. The van der Waals surface area contributed by atoms with Gasteiger partial charge in [0.2, 0.25) is 0 Å². The summed E-state index contributed by atoms with van der Waals surface area (Å²) in [5.41, 5.74) is 13.3. The summed E-state index contributed by atoms with van der Waals surface area (Å²) in [6, 6.07) is 3.42. The van der Waals surface area contributed by atoms with Crippen molar-refractivity contribution in [2.24, 2.45) is 0 Å². The highest BCUT2D eigenvalue weighted by Gasteiger charge is 1.98. The number of rotatable bonds is 0. The van der Waals surface area contributed by atoms with Crippen LogP contribution in [-0.2, 0) is 10.4 Å². The van der Waals surface area contributed by atoms with Crippen molar-refractivity contribution in [1.29, 1.82) is 0 Å². The summed E-state index contributed by atoms with van der Waals surface area (Å²) in [6.45, 7) is 1.89. The summed E-state index contributed by atoms with van der Waals surface area (Å²) in [6.07, 6.45) is 0. The van der Waals surface area contributed by atoms with E-state index in [1.54, 1.807) is 12.1 Å². The highest BCUT2D eigenvalue weighted by atomic mass is 35.5. The van der Waals surface area contributed by atoms with Crippen LogP contribution in [0.2, 0.25) is 5.02 Å². The molecule has 0 bridgehead atoms. The van der Waals surface area contributed by atoms with Gasteiger partial charge in [-0.1, -0.05) is 11.6 Å². The van der Waals surface area contributed by atoms with Gasteiger partial charge in [0.05, 0.1) is 10.7 Å². The van der Waals surface area contributed by atoms with E-state index >= 15 is 0 Å². The molecule has 0 heterocycles. The van der Waals surface area contributed by atoms with Crippen molar-refractivity contribution in [3.8, 4) is 0 Å². The fourth-order valence-corrected chi connectivity index (χ4v) is 0.891. The van der Waals surface area contributed by atoms with Crippen LogP contribution in [0.15, 0.2) is 12.1 Å². The lowest BCUT2D eigenvalue weighted by molar-refractivity contribution is 0.381. The number of aryl methyl sites for hydroxylation is 1. The van der Waals surface area contributed by atoms with E-state index in [1.807, 2.05) is 6.92 Å². The van der Waals surface area contributed by atoms with Gasteiger partial charge in [0.15, 0.2) is 0 Å². The summed E-state index contributed by atoms with van der Waals surface area (Å²) >= 11 is 5.68. The second-order valence-electron chi connectivity index (χ2n) is 2.68. The molecule has 0 saturated carbocycles. The van der Waals surface area contributed by atoms with Crippen LogP contribution in [0.1, 0.15) is 5.56 Å². The van der Waals surface area contributed by atoms with Crippen LogP contribution >= 0.6 is 11.6 Å². The molecule has 0 aliphatic carbocycles. The van der Waals surface area contributed by atoms with Crippen molar-refractivity contribution < 1.29 is 17.5 Å². The summed E-state index contributed by atoms with van der Waals surface area (Å²) < 4.78 is 31.6. The highest BCUT2D eigenvalue weighted by molar-refractivity contribution is 7.79. The minimum atomic E-state index is -4.67. The average molecular weight is 255 g/mol. The molecule has 8 heteroatoms. The topological polar surface area (TPSA) is 127 Å². The Morgan fingerprint density at radius 1 is 1.20 bits per heavy atom. The molecule has 0 atom stereocenters. The monoisotopic (exact) mass is 254 g/mol. The predicted molar refractivity (Wildman–Crippen MR) is 59.2 cm³/mol. The average Bonchev–Trinajstić information content (AvgIpc) is 1.98. The minimum absolute atomic E-state index is 0.517. The van der Waals surface area contributed by atoms with Gasteiger partial charge >= 0.3 is 10.4 Å². The lowest BCUT2D eigenvalue weighted by Gasteiger charge is -2.02. The number of benzene rings is 1. The second-order valence-corrected chi connectivity index (χ2v) is 3.98.